The monoisotopic (exact) mass is 315 g/mol. The maximum Gasteiger partial charge on any atom is 0.241 e. The van der Waals surface area contributed by atoms with Gasteiger partial charge in [-0.15, -0.1) is 0 Å². The predicted molar refractivity (Wildman–Crippen MR) is 91.7 cm³/mol. The first kappa shape index (κ1) is 16.0. The maximum absolute atomic E-state index is 12.5. The topological polar surface area (TPSA) is 61.4 Å². The van der Waals surface area contributed by atoms with Crippen LogP contribution in [0, 0.1) is 5.92 Å². The van der Waals surface area contributed by atoms with Crippen LogP contribution in [0.5, 0.6) is 0 Å². The van der Waals surface area contributed by atoms with Gasteiger partial charge in [-0.25, -0.2) is 0 Å². The Morgan fingerprint density at radius 2 is 1.91 bits per heavy atom. The number of amides is 1. The predicted octanol–water partition coefficient (Wildman–Crippen LogP) is 2.18. The summed E-state index contributed by atoms with van der Waals surface area (Å²) in [6.07, 6.45) is 4.27. The zero-order chi connectivity index (χ0) is 16.2. The number of piperidine rings is 1. The van der Waals surface area contributed by atoms with Crippen LogP contribution in [0.2, 0.25) is 0 Å². The zero-order valence-corrected chi connectivity index (χ0v) is 13.7. The number of Topliss-reactive ketones (excluding diaryl/α,β-unsaturated/α-hetero) is 1. The molecule has 2 fully saturated rings. The zero-order valence-electron chi connectivity index (χ0n) is 13.7. The van der Waals surface area contributed by atoms with Gasteiger partial charge in [-0.3, -0.25) is 9.59 Å². The maximum atomic E-state index is 12.5. The molecule has 2 heterocycles. The standard InChI is InChI=1S/C18H25N3O2/c1-13(22)14-11-16(19-12-14)18(23)20-15-7-3-4-8-17(15)21-9-5-2-6-10-21/h3-4,7-8,14,16,19H,2,5-6,9-12H2,1H3,(H,20,23). The van der Waals surface area contributed by atoms with Gasteiger partial charge < -0.3 is 15.5 Å². The van der Waals surface area contributed by atoms with Crippen molar-refractivity contribution < 1.29 is 9.59 Å². The molecule has 0 aliphatic carbocycles. The number of nitrogens with one attached hydrogen (secondary N) is 2. The van der Waals surface area contributed by atoms with Crippen molar-refractivity contribution in [1.82, 2.24) is 5.32 Å². The fourth-order valence-electron chi connectivity index (χ4n) is 3.45. The second-order valence-electron chi connectivity index (χ2n) is 6.56. The van der Waals surface area contributed by atoms with Crippen molar-refractivity contribution in [2.24, 2.45) is 5.92 Å². The minimum absolute atomic E-state index is 0.0388. The first-order valence-corrected chi connectivity index (χ1v) is 8.54. The highest BCUT2D eigenvalue weighted by atomic mass is 16.2. The van der Waals surface area contributed by atoms with Crippen molar-refractivity contribution in [1.29, 1.82) is 0 Å². The van der Waals surface area contributed by atoms with Crippen molar-refractivity contribution in [3.05, 3.63) is 24.3 Å². The van der Waals surface area contributed by atoms with Crippen LogP contribution >= 0.6 is 0 Å². The van der Waals surface area contributed by atoms with E-state index in [1.54, 1.807) is 6.92 Å². The molecule has 0 saturated carbocycles. The number of nitrogens with zero attached hydrogens (tertiary/aromatic N) is 1. The highest BCUT2D eigenvalue weighted by Crippen LogP contribution is 2.28. The molecule has 1 aromatic carbocycles. The van der Waals surface area contributed by atoms with Crippen LogP contribution in [-0.2, 0) is 9.59 Å². The smallest absolute Gasteiger partial charge is 0.241 e. The molecule has 2 unspecified atom stereocenters. The van der Waals surface area contributed by atoms with E-state index >= 15 is 0 Å². The first-order chi connectivity index (χ1) is 11.1. The Bertz CT molecular complexity index is 581. The van der Waals surface area contributed by atoms with E-state index in [4.69, 9.17) is 0 Å². The van der Waals surface area contributed by atoms with E-state index in [2.05, 4.69) is 21.6 Å². The summed E-state index contributed by atoms with van der Waals surface area (Å²) < 4.78 is 0. The summed E-state index contributed by atoms with van der Waals surface area (Å²) in [5.41, 5.74) is 1.97. The lowest BCUT2D eigenvalue weighted by Gasteiger charge is -2.30. The Balaban J connectivity index is 1.68. The number of hydrogen-bond donors (Lipinski definition) is 2. The molecule has 3 rings (SSSR count). The van der Waals surface area contributed by atoms with E-state index < -0.39 is 0 Å². The molecule has 23 heavy (non-hydrogen) atoms. The van der Waals surface area contributed by atoms with Crippen molar-refractivity contribution in [3.8, 4) is 0 Å². The number of rotatable bonds is 4. The quantitative estimate of drug-likeness (QED) is 0.894. The lowest BCUT2D eigenvalue weighted by Crippen LogP contribution is -2.36. The summed E-state index contributed by atoms with van der Waals surface area (Å²) in [5, 5.41) is 6.22. The lowest BCUT2D eigenvalue weighted by atomic mass is 10.0. The van der Waals surface area contributed by atoms with Gasteiger partial charge in [0.15, 0.2) is 0 Å². The Labute approximate surface area is 137 Å². The summed E-state index contributed by atoms with van der Waals surface area (Å²) in [6, 6.07) is 7.71. The van der Waals surface area contributed by atoms with E-state index in [0.29, 0.717) is 13.0 Å². The van der Waals surface area contributed by atoms with Crippen LogP contribution in [0.15, 0.2) is 24.3 Å². The minimum Gasteiger partial charge on any atom is -0.370 e. The molecule has 0 bridgehead atoms. The molecule has 1 amide bonds. The van der Waals surface area contributed by atoms with Crippen LogP contribution < -0.4 is 15.5 Å². The Hall–Kier alpha value is -1.88. The molecule has 124 valence electrons. The average Bonchev–Trinajstić information content (AvgIpc) is 3.07. The molecule has 0 radical (unpaired) electrons. The van der Waals surface area contributed by atoms with Gasteiger partial charge in [0.2, 0.25) is 5.91 Å². The molecular formula is C18H25N3O2. The van der Waals surface area contributed by atoms with Crippen LogP contribution in [0.3, 0.4) is 0 Å². The molecule has 2 atom stereocenters. The molecule has 2 aliphatic heterocycles. The van der Waals surface area contributed by atoms with Gasteiger partial charge in [0.1, 0.15) is 5.78 Å². The van der Waals surface area contributed by atoms with Crippen molar-refractivity contribution in [2.45, 2.75) is 38.6 Å². The van der Waals surface area contributed by atoms with Gasteiger partial charge in [0.05, 0.1) is 17.4 Å². The van der Waals surface area contributed by atoms with Gasteiger partial charge in [-0.2, -0.15) is 0 Å². The Morgan fingerprint density at radius 3 is 2.61 bits per heavy atom. The summed E-state index contributed by atoms with van der Waals surface area (Å²) in [4.78, 5) is 26.3. The van der Waals surface area contributed by atoms with Crippen LogP contribution in [-0.4, -0.2) is 37.4 Å². The SMILES string of the molecule is CC(=O)C1CNC(C(=O)Nc2ccccc2N2CCCCC2)C1. The summed E-state index contributed by atoms with van der Waals surface area (Å²) in [6.45, 7) is 4.28. The van der Waals surface area contributed by atoms with Gasteiger partial charge in [-0.1, -0.05) is 12.1 Å². The van der Waals surface area contributed by atoms with E-state index in [1.165, 1.54) is 19.3 Å². The van der Waals surface area contributed by atoms with Crippen molar-refractivity contribution >= 4 is 23.1 Å². The lowest BCUT2D eigenvalue weighted by molar-refractivity contribution is -0.120. The van der Waals surface area contributed by atoms with E-state index in [0.717, 1.165) is 24.5 Å². The van der Waals surface area contributed by atoms with Crippen LogP contribution in [0.4, 0.5) is 11.4 Å². The van der Waals surface area contributed by atoms with Crippen LogP contribution in [0.1, 0.15) is 32.6 Å². The Kier molecular flexibility index (Phi) is 4.96. The second-order valence-corrected chi connectivity index (χ2v) is 6.56. The van der Waals surface area contributed by atoms with Gasteiger partial charge >= 0.3 is 0 Å². The number of carbonyl (C=O) groups is 2. The summed E-state index contributed by atoms with van der Waals surface area (Å²) >= 11 is 0. The second kappa shape index (κ2) is 7.13. The molecule has 2 aliphatic rings. The normalized spacial score (nSPS) is 24.5. The molecular weight excluding hydrogens is 290 g/mol. The highest BCUT2D eigenvalue weighted by molar-refractivity contribution is 5.98. The Morgan fingerprint density at radius 1 is 1.17 bits per heavy atom. The van der Waals surface area contributed by atoms with Gasteiger partial charge in [-0.05, 0) is 44.7 Å². The fourth-order valence-corrected chi connectivity index (χ4v) is 3.45. The fraction of sp³-hybridized carbons (Fsp3) is 0.556. The average molecular weight is 315 g/mol. The molecule has 2 N–H and O–H groups in total. The third-order valence-corrected chi connectivity index (χ3v) is 4.88. The molecule has 1 aromatic rings. The van der Waals surface area contributed by atoms with Crippen molar-refractivity contribution in [2.75, 3.05) is 29.9 Å². The number of anilines is 2. The summed E-state index contributed by atoms with van der Waals surface area (Å²) in [7, 11) is 0. The summed E-state index contributed by atoms with van der Waals surface area (Å²) in [5.74, 6) is 0.0721. The van der Waals surface area contributed by atoms with E-state index in [1.807, 2.05) is 18.2 Å². The van der Waals surface area contributed by atoms with Crippen molar-refractivity contribution in [3.63, 3.8) is 0 Å². The number of para-hydroxylation sites is 2. The molecule has 0 spiro atoms. The van der Waals surface area contributed by atoms with Crippen LogP contribution in [0.25, 0.3) is 0 Å². The van der Waals surface area contributed by atoms with Gasteiger partial charge in [0, 0.05) is 25.6 Å². The third kappa shape index (κ3) is 3.72. The molecule has 2 saturated heterocycles. The van der Waals surface area contributed by atoms with E-state index in [9.17, 15) is 9.59 Å². The molecule has 0 aromatic heterocycles. The highest BCUT2D eigenvalue weighted by Gasteiger charge is 2.32. The number of benzene rings is 1. The molecule has 5 heteroatoms. The third-order valence-electron chi connectivity index (χ3n) is 4.88. The van der Waals surface area contributed by atoms with E-state index in [-0.39, 0.29) is 23.7 Å². The number of hydrogen-bond acceptors (Lipinski definition) is 4. The molecule has 5 nitrogen and oxygen atoms in total. The minimum atomic E-state index is -0.279. The largest absolute Gasteiger partial charge is 0.370 e. The van der Waals surface area contributed by atoms with Gasteiger partial charge in [0.25, 0.3) is 0 Å². The first-order valence-electron chi connectivity index (χ1n) is 8.54. The number of ketones is 1. The number of carbonyl (C=O) groups excluding carboxylic acids is 2.